The summed E-state index contributed by atoms with van der Waals surface area (Å²) in [4.78, 5) is 35.5. The first-order chi connectivity index (χ1) is 20.2. The molecule has 214 valence electrons. The molecule has 3 aromatic heterocycles. The number of pyridine rings is 3. The highest BCUT2D eigenvalue weighted by Crippen LogP contribution is 2.35. The zero-order valence-corrected chi connectivity index (χ0v) is 23.8. The van der Waals surface area contributed by atoms with Crippen molar-refractivity contribution in [3.63, 3.8) is 0 Å². The molecule has 1 amide bonds. The molecule has 0 unspecified atom stereocenters. The fraction of sp³-hybridized carbons (Fsp3) is 0.188. The number of nitrogens with zero attached hydrogens (tertiary/aromatic N) is 3. The number of nitrogens with one attached hydrogen (secondary N) is 1. The van der Waals surface area contributed by atoms with E-state index < -0.39 is 17.2 Å². The molecule has 9 nitrogen and oxygen atoms in total. The summed E-state index contributed by atoms with van der Waals surface area (Å²) in [5, 5.41) is 2.65. The first kappa shape index (κ1) is 28.3. The lowest BCUT2D eigenvalue weighted by Gasteiger charge is -2.20. The molecule has 0 aliphatic carbocycles. The molecule has 3 heterocycles. The number of rotatable bonds is 8. The van der Waals surface area contributed by atoms with E-state index in [0.717, 1.165) is 11.8 Å². The second-order valence-corrected chi connectivity index (χ2v) is 9.78. The van der Waals surface area contributed by atoms with Gasteiger partial charge in [0.05, 0.1) is 19.7 Å². The fourth-order valence-corrected chi connectivity index (χ4v) is 4.73. The molecule has 0 aliphatic heterocycles. The molecule has 0 spiro atoms. The van der Waals surface area contributed by atoms with Crippen LogP contribution in [0.2, 0.25) is 0 Å². The third-order valence-electron chi connectivity index (χ3n) is 6.78. The fourth-order valence-electron chi connectivity index (χ4n) is 4.73. The summed E-state index contributed by atoms with van der Waals surface area (Å²) in [6, 6.07) is 16.4. The monoisotopic (exact) mass is 568 g/mol. The smallest absolute Gasteiger partial charge is 0.261 e. The van der Waals surface area contributed by atoms with Gasteiger partial charge in [0.1, 0.15) is 11.1 Å². The van der Waals surface area contributed by atoms with E-state index in [4.69, 9.17) is 14.2 Å². The number of carbonyl (C=O) groups excluding carboxylic acids is 1. The average molecular weight is 569 g/mol. The van der Waals surface area contributed by atoms with E-state index in [9.17, 15) is 9.59 Å². The number of ether oxygens (including phenoxy) is 3. The molecule has 0 fully saturated rings. The van der Waals surface area contributed by atoms with Gasteiger partial charge >= 0.3 is 0 Å². The third-order valence-corrected chi connectivity index (χ3v) is 6.78. The zero-order chi connectivity index (χ0) is 30.0. The van der Waals surface area contributed by atoms with E-state index in [2.05, 4.69) is 15.3 Å². The summed E-state index contributed by atoms with van der Waals surface area (Å²) in [5.41, 5.74) is 2.43. The number of amides is 1. The zero-order valence-electron chi connectivity index (χ0n) is 23.8. The molecule has 5 aromatic rings. The molecule has 42 heavy (non-hydrogen) atoms. The SMILES string of the molecule is COc1cc2nccc(Oc3ccc(NC(=O)c4cn(C(C)C)c(C)c(-c5ccccc5)c4=O)cc3F)c2nc1OC. The molecular weight excluding hydrogens is 539 g/mol. The van der Waals surface area contributed by atoms with E-state index >= 15 is 4.39 Å². The van der Waals surface area contributed by atoms with Crippen LogP contribution in [0.1, 0.15) is 35.9 Å². The Morgan fingerprint density at radius 1 is 0.976 bits per heavy atom. The Morgan fingerprint density at radius 2 is 1.74 bits per heavy atom. The number of aromatic nitrogens is 3. The summed E-state index contributed by atoms with van der Waals surface area (Å²) in [6.07, 6.45) is 3.05. The lowest BCUT2D eigenvalue weighted by molar-refractivity contribution is 0.102. The van der Waals surface area contributed by atoms with E-state index in [1.807, 2.05) is 55.7 Å². The van der Waals surface area contributed by atoms with Gasteiger partial charge in [-0.2, -0.15) is 0 Å². The first-order valence-electron chi connectivity index (χ1n) is 13.2. The number of hydrogen-bond donors (Lipinski definition) is 1. The maximum atomic E-state index is 15.2. The minimum absolute atomic E-state index is 0.00620. The average Bonchev–Trinajstić information content (AvgIpc) is 2.98. The Kier molecular flexibility index (Phi) is 7.88. The minimum atomic E-state index is -0.730. The minimum Gasteiger partial charge on any atom is -0.491 e. The number of benzene rings is 2. The normalized spacial score (nSPS) is 11.0. The highest BCUT2D eigenvalue weighted by atomic mass is 19.1. The van der Waals surface area contributed by atoms with Crippen LogP contribution in [0.3, 0.4) is 0 Å². The summed E-state index contributed by atoms with van der Waals surface area (Å²) in [7, 11) is 2.94. The maximum Gasteiger partial charge on any atom is 0.261 e. The number of methoxy groups -OCH3 is 2. The van der Waals surface area contributed by atoms with Crippen LogP contribution in [0, 0.1) is 12.7 Å². The second kappa shape index (κ2) is 11.7. The van der Waals surface area contributed by atoms with Gasteiger partial charge in [-0.25, -0.2) is 9.37 Å². The van der Waals surface area contributed by atoms with Gasteiger partial charge in [-0.05, 0) is 38.5 Å². The van der Waals surface area contributed by atoms with Crippen LogP contribution < -0.4 is 25.0 Å². The number of hydrogen-bond acceptors (Lipinski definition) is 7. The quantitative estimate of drug-likeness (QED) is 0.226. The summed E-state index contributed by atoms with van der Waals surface area (Å²) in [6.45, 7) is 5.79. The molecule has 0 radical (unpaired) electrons. The lowest BCUT2D eigenvalue weighted by Crippen LogP contribution is -2.26. The third kappa shape index (κ3) is 5.38. The summed E-state index contributed by atoms with van der Waals surface area (Å²) < 4.78 is 33.5. The van der Waals surface area contributed by atoms with Crippen LogP contribution >= 0.6 is 0 Å². The Bertz CT molecular complexity index is 1850. The van der Waals surface area contributed by atoms with Gasteiger partial charge in [0, 0.05) is 53.6 Å². The van der Waals surface area contributed by atoms with Crippen LogP contribution in [0.25, 0.3) is 22.2 Å². The van der Waals surface area contributed by atoms with E-state index in [-0.39, 0.29) is 34.7 Å². The van der Waals surface area contributed by atoms with Crippen LogP contribution in [0.4, 0.5) is 10.1 Å². The molecule has 5 rings (SSSR count). The Labute approximate surface area is 241 Å². The van der Waals surface area contributed by atoms with E-state index in [0.29, 0.717) is 27.9 Å². The number of halogens is 1. The number of fused-ring (bicyclic) bond motifs is 1. The largest absolute Gasteiger partial charge is 0.491 e. The van der Waals surface area contributed by atoms with Gasteiger partial charge in [0.15, 0.2) is 23.1 Å². The van der Waals surface area contributed by atoms with Gasteiger partial charge in [0.2, 0.25) is 5.43 Å². The van der Waals surface area contributed by atoms with Gasteiger partial charge in [-0.3, -0.25) is 14.6 Å². The number of carbonyl (C=O) groups is 1. The number of anilines is 1. The topological polar surface area (TPSA) is 105 Å². The van der Waals surface area contributed by atoms with Crippen molar-refractivity contribution < 1.29 is 23.4 Å². The van der Waals surface area contributed by atoms with E-state index in [1.54, 1.807) is 18.3 Å². The molecule has 10 heteroatoms. The molecule has 0 bridgehead atoms. The van der Waals surface area contributed by atoms with Crippen LogP contribution in [0.15, 0.2) is 77.9 Å². The van der Waals surface area contributed by atoms with Crippen molar-refractivity contribution in [3.05, 3.63) is 100 Å². The Hall–Kier alpha value is -5.25. The van der Waals surface area contributed by atoms with Gasteiger partial charge in [-0.1, -0.05) is 30.3 Å². The molecular formula is C32H29FN4O5. The van der Waals surface area contributed by atoms with Crippen molar-refractivity contribution in [2.45, 2.75) is 26.8 Å². The van der Waals surface area contributed by atoms with Crippen molar-refractivity contribution in [2.24, 2.45) is 0 Å². The van der Waals surface area contributed by atoms with Crippen molar-refractivity contribution >= 4 is 22.6 Å². The predicted molar refractivity (Wildman–Crippen MR) is 158 cm³/mol. The van der Waals surface area contributed by atoms with E-state index in [1.165, 1.54) is 32.5 Å². The highest BCUT2D eigenvalue weighted by Gasteiger charge is 2.21. The molecule has 0 aliphatic rings. The maximum absolute atomic E-state index is 15.2. The standard InChI is InChI=1S/C32H29FN4O5/c1-18(2)37-17-22(30(38)28(19(37)3)20-9-7-6-8-10-20)31(39)35-21-11-12-25(23(33)15-21)42-26-13-14-34-24-16-27(40-4)32(41-5)36-29(24)26/h6-18H,1-5H3,(H,35,39). The van der Waals surface area contributed by atoms with Crippen molar-refractivity contribution in [1.82, 2.24) is 14.5 Å². The van der Waals surface area contributed by atoms with Gasteiger partial charge in [-0.15, -0.1) is 0 Å². The van der Waals surface area contributed by atoms with Crippen LogP contribution in [0.5, 0.6) is 23.1 Å². The molecule has 2 aromatic carbocycles. The van der Waals surface area contributed by atoms with Crippen LogP contribution in [-0.4, -0.2) is 34.7 Å². The predicted octanol–water partition coefficient (Wildman–Crippen LogP) is 6.55. The van der Waals surface area contributed by atoms with Crippen LogP contribution in [-0.2, 0) is 0 Å². The van der Waals surface area contributed by atoms with Crippen molar-refractivity contribution in [3.8, 4) is 34.3 Å². The van der Waals surface area contributed by atoms with Gasteiger partial charge < -0.3 is 24.1 Å². The molecule has 0 atom stereocenters. The summed E-state index contributed by atoms with van der Waals surface area (Å²) >= 11 is 0. The second-order valence-electron chi connectivity index (χ2n) is 9.78. The highest BCUT2D eigenvalue weighted by molar-refractivity contribution is 6.04. The molecule has 0 saturated heterocycles. The first-order valence-corrected chi connectivity index (χ1v) is 13.2. The van der Waals surface area contributed by atoms with Crippen molar-refractivity contribution in [2.75, 3.05) is 19.5 Å². The van der Waals surface area contributed by atoms with Crippen molar-refractivity contribution in [1.29, 1.82) is 0 Å². The summed E-state index contributed by atoms with van der Waals surface area (Å²) in [5.74, 6) is -0.605. The lowest BCUT2D eigenvalue weighted by atomic mass is 10.0. The molecule has 1 N–H and O–H groups in total. The Balaban J connectivity index is 1.45. The van der Waals surface area contributed by atoms with Gasteiger partial charge in [0.25, 0.3) is 11.8 Å². The Morgan fingerprint density at radius 3 is 2.40 bits per heavy atom. The molecule has 0 saturated carbocycles.